The normalized spacial score (nSPS) is 43.1. The Morgan fingerprint density at radius 3 is 1.96 bits per heavy atom. The van der Waals surface area contributed by atoms with Gasteiger partial charge in [0.15, 0.2) is 0 Å². The summed E-state index contributed by atoms with van der Waals surface area (Å²) in [6.07, 6.45) is 27.4. The summed E-state index contributed by atoms with van der Waals surface area (Å²) in [5, 5.41) is 4.22. The van der Waals surface area contributed by atoms with Crippen LogP contribution in [0.5, 0.6) is 0 Å². The molecule has 7 atom stereocenters. The van der Waals surface area contributed by atoms with Crippen LogP contribution in [-0.4, -0.2) is 12.1 Å². The Bertz CT molecular complexity index is 518. The average molecular weight is 370 g/mol. The van der Waals surface area contributed by atoms with E-state index in [-0.39, 0.29) is 0 Å². The van der Waals surface area contributed by atoms with Gasteiger partial charge in [0, 0.05) is 12.1 Å². The zero-order valence-electron chi connectivity index (χ0n) is 17.9. The van der Waals surface area contributed by atoms with E-state index in [0.29, 0.717) is 0 Å². The van der Waals surface area contributed by atoms with Gasteiger partial charge in [-0.05, 0) is 99.7 Å². The monoisotopic (exact) mass is 369 g/mol. The summed E-state index contributed by atoms with van der Waals surface area (Å²) >= 11 is 0. The van der Waals surface area contributed by atoms with Gasteiger partial charge in [-0.2, -0.15) is 0 Å². The summed E-state index contributed by atoms with van der Waals surface area (Å²) in [5.41, 5.74) is 0. The second-order valence-electron chi connectivity index (χ2n) is 10.4. The van der Waals surface area contributed by atoms with Crippen molar-refractivity contribution in [2.24, 2.45) is 35.5 Å². The van der Waals surface area contributed by atoms with Crippen molar-refractivity contribution in [3.63, 3.8) is 0 Å². The van der Waals surface area contributed by atoms with Gasteiger partial charge >= 0.3 is 0 Å². The third-order valence-electron chi connectivity index (χ3n) is 8.50. The highest BCUT2D eigenvalue weighted by molar-refractivity contribution is 5.06. The standard InChI is InChI=1S/C26H43N/c1-19(2)25-18-17-24(26(27-25)21-13-7-4-8-14-21)23-16-10-9-15-22(23)20-11-5-3-6-12-20/h5,7,11,13,19-27H,3-4,6,8-10,12,14-18H2,1-2H3. The van der Waals surface area contributed by atoms with Crippen LogP contribution in [0.2, 0.25) is 0 Å². The lowest BCUT2D eigenvalue weighted by molar-refractivity contribution is 0.0441. The molecule has 1 N–H and O–H groups in total. The maximum atomic E-state index is 4.22. The molecule has 1 saturated heterocycles. The fourth-order valence-corrected chi connectivity index (χ4v) is 7.04. The highest BCUT2D eigenvalue weighted by atomic mass is 15.0. The lowest BCUT2D eigenvalue weighted by Crippen LogP contribution is -2.56. The van der Waals surface area contributed by atoms with Gasteiger partial charge in [-0.25, -0.2) is 0 Å². The smallest absolute Gasteiger partial charge is 0.0164 e. The van der Waals surface area contributed by atoms with Crippen LogP contribution in [0.4, 0.5) is 0 Å². The van der Waals surface area contributed by atoms with Crippen LogP contribution in [0.1, 0.15) is 90.9 Å². The van der Waals surface area contributed by atoms with Crippen molar-refractivity contribution in [1.29, 1.82) is 0 Å². The third kappa shape index (κ3) is 4.55. The predicted molar refractivity (Wildman–Crippen MR) is 117 cm³/mol. The fourth-order valence-electron chi connectivity index (χ4n) is 7.04. The minimum atomic E-state index is 0.734. The van der Waals surface area contributed by atoms with Crippen LogP contribution < -0.4 is 5.32 Å². The first-order chi connectivity index (χ1) is 13.2. The fraction of sp³-hybridized carbons (Fsp3) is 0.846. The Morgan fingerprint density at radius 2 is 1.33 bits per heavy atom. The molecule has 1 aliphatic heterocycles. The van der Waals surface area contributed by atoms with E-state index in [1.807, 2.05) is 0 Å². The Hall–Kier alpha value is -0.560. The number of piperidine rings is 1. The van der Waals surface area contributed by atoms with Crippen molar-refractivity contribution in [2.45, 2.75) is 103 Å². The molecule has 27 heavy (non-hydrogen) atoms. The molecule has 0 aromatic heterocycles. The summed E-state index contributed by atoms with van der Waals surface area (Å²) in [7, 11) is 0. The highest BCUT2D eigenvalue weighted by Crippen LogP contribution is 2.47. The molecule has 7 unspecified atom stereocenters. The number of nitrogens with one attached hydrogen (secondary N) is 1. The van der Waals surface area contributed by atoms with Gasteiger partial charge in [-0.3, -0.25) is 0 Å². The van der Waals surface area contributed by atoms with Crippen molar-refractivity contribution < 1.29 is 0 Å². The van der Waals surface area contributed by atoms with E-state index in [0.717, 1.165) is 47.6 Å². The van der Waals surface area contributed by atoms with Crippen LogP contribution in [0.3, 0.4) is 0 Å². The van der Waals surface area contributed by atoms with Crippen molar-refractivity contribution in [1.82, 2.24) is 5.32 Å². The molecule has 0 amide bonds. The maximum absolute atomic E-state index is 4.22. The first kappa shape index (κ1) is 19.7. The Kier molecular flexibility index (Phi) is 6.79. The number of rotatable bonds is 4. The first-order valence-corrected chi connectivity index (χ1v) is 12.3. The number of allylic oxidation sites excluding steroid dienone is 3. The lowest BCUT2D eigenvalue weighted by Gasteiger charge is -2.50. The molecule has 0 bridgehead atoms. The van der Waals surface area contributed by atoms with Crippen molar-refractivity contribution in [3.05, 3.63) is 24.3 Å². The molecule has 1 saturated carbocycles. The topological polar surface area (TPSA) is 12.0 Å². The SMILES string of the molecule is CC(C)C1CCC(C2CCCCC2C2C=CCCC2)C(C2C=CCCC2)N1. The molecule has 152 valence electrons. The summed E-state index contributed by atoms with van der Waals surface area (Å²) in [4.78, 5) is 0. The van der Waals surface area contributed by atoms with E-state index in [1.54, 1.807) is 0 Å². The molecule has 0 radical (unpaired) electrons. The van der Waals surface area contributed by atoms with E-state index in [1.165, 1.54) is 77.0 Å². The molecule has 4 rings (SSSR count). The van der Waals surface area contributed by atoms with Crippen LogP contribution in [0.15, 0.2) is 24.3 Å². The quantitative estimate of drug-likeness (QED) is 0.531. The summed E-state index contributed by atoms with van der Waals surface area (Å²) in [5.74, 6) is 5.28. The van der Waals surface area contributed by atoms with E-state index in [4.69, 9.17) is 0 Å². The van der Waals surface area contributed by atoms with E-state index >= 15 is 0 Å². The molecule has 1 heteroatoms. The predicted octanol–water partition coefficient (Wildman–Crippen LogP) is 6.90. The minimum absolute atomic E-state index is 0.734. The van der Waals surface area contributed by atoms with Gasteiger partial charge in [-0.15, -0.1) is 0 Å². The minimum Gasteiger partial charge on any atom is -0.310 e. The maximum Gasteiger partial charge on any atom is 0.0164 e. The molecule has 1 nitrogen and oxygen atoms in total. The van der Waals surface area contributed by atoms with Gasteiger partial charge in [-0.1, -0.05) is 51.0 Å². The van der Waals surface area contributed by atoms with Crippen LogP contribution >= 0.6 is 0 Å². The number of hydrogen-bond donors (Lipinski definition) is 1. The molecule has 1 heterocycles. The Labute approximate surface area is 168 Å². The summed E-state index contributed by atoms with van der Waals surface area (Å²) < 4.78 is 0. The van der Waals surface area contributed by atoms with Gasteiger partial charge in [0.05, 0.1) is 0 Å². The summed E-state index contributed by atoms with van der Waals surface area (Å²) in [6, 6.07) is 1.47. The van der Waals surface area contributed by atoms with Crippen LogP contribution in [0.25, 0.3) is 0 Å². The van der Waals surface area contributed by atoms with Gasteiger partial charge in [0.1, 0.15) is 0 Å². The van der Waals surface area contributed by atoms with Gasteiger partial charge in [0.25, 0.3) is 0 Å². The molecular weight excluding hydrogens is 326 g/mol. The molecule has 3 aliphatic carbocycles. The van der Waals surface area contributed by atoms with Crippen molar-refractivity contribution in [2.75, 3.05) is 0 Å². The van der Waals surface area contributed by atoms with E-state index in [9.17, 15) is 0 Å². The Morgan fingerprint density at radius 1 is 0.667 bits per heavy atom. The molecule has 0 aromatic rings. The van der Waals surface area contributed by atoms with E-state index < -0.39 is 0 Å². The molecule has 0 spiro atoms. The number of hydrogen-bond acceptors (Lipinski definition) is 1. The van der Waals surface area contributed by atoms with E-state index in [2.05, 4.69) is 43.5 Å². The Balaban J connectivity index is 1.55. The second kappa shape index (κ2) is 9.29. The molecule has 2 fully saturated rings. The highest BCUT2D eigenvalue weighted by Gasteiger charge is 2.43. The molecule has 0 aromatic carbocycles. The van der Waals surface area contributed by atoms with Crippen LogP contribution in [0, 0.1) is 35.5 Å². The lowest BCUT2D eigenvalue weighted by atomic mass is 9.60. The largest absolute Gasteiger partial charge is 0.310 e. The van der Waals surface area contributed by atoms with Gasteiger partial charge < -0.3 is 5.32 Å². The first-order valence-electron chi connectivity index (χ1n) is 12.3. The van der Waals surface area contributed by atoms with Crippen LogP contribution in [-0.2, 0) is 0 Å². The molecular formula is C26H43N. The summed E-state index contributed by atoms with van der Waals surface area (Å²) in [6.45, 7) is 4.84. The zero-order chi connectivity index (χ0) is 18.6. The average Bonchev–Trinajstić information content (AvgIpc) is 2.74. The van der Waals surface area contributed by atoms with Crippen molar-refractivity contribution >= 4 is 0 Å². The molecule has 4 aliphatic rings. The third-order valence-corrected chi connectivity index (χ3v) is 8.50. The van der Waals surface area contributed by atoms with Gasteiger partial charge in [0.2, 0.25) is 0 Å². The zero-order valence-corrected chi connectivity index (χ0v) is 17.9. The van der Waals surface area contributed by atoms with Crippen molar-refractivity contribution in [3.8, 4) is 0 Å². The second-order valence-corrected chi connectivity index (χ2v) is 10.4.